The van der Waals surface area contributed by atoms with Crippen molar-refractivity contribution in [3.8, 4) is 0 Å². The SMILES string of the molecule is O=C(CSc1cccc(F)c1)N1CCN(C(=O)Nc2ccccc2)CC1. The summed E-state index contributed by atoms with van der Waals surface area (Å²) in [5, 5.41) is 2.85. The molecule has 136 valence electrons. The fraction of sp³-hybridized carbons (Fsp3) is 0.263. The average molecular weight is 373 g/mol. The van der Waals surface area contributed by atoms with E-state index in [1.807, 2.05) is 30.3 Å². The molecule has 26 heavy (non-hydrogen) atoms. The van der Waals surface area contributed by atoms with Gasteiger partial charge in [-0.05, 0) is 30.3 Å². The van der Waals surface area contributed by atoms with Crippen molar-refractivity contribution < 1.29 is 14.0 Å². The molecule has 0 saturated carbocycles. The quantitative estimate of drug-likeness (QED) is 0.837. The van der Waals surface area contributed by atoms with Gasteiger partial charge in [0.15, 0.2) is 0 Å². The van der Waals surface area contributed by atoms with E-state index in [0.29, 0.717) is 26.2 Å². The van der Waals surface area contributed by atoms with Gasteiger partial charge in [-0.15, -0.1) is 11.8 Å². The number of piperazine rings is 1. The average Bonchev–Trinajstić information content (AvgIpc) is 2.67. The van der Waals surface area contributed by atoms with Crippen molar-refractivity contribution in [2.45, 2.75) is 4.90 Å². The Bertz CT molecular complexity index is 764. The fourth-order valence-electron chi connectivity index (χ4n) is 2.68. The third kappa shape index (κ3) is 4.98. The molecular formula is C19H20FN3O2S. The molecule has 3 amide bonds. The van der Waals surface area contributed by atoms with E-state index in [1.54, 1.807) is 21.9 Å². The number of benzene rings is 2. The zero-order valence-corrected chi connectivity index (χ0v) is 15.0. The first kappa shape index (κ1) is 18.3. The third-order valence-electron chi connectivity index (χ3n) is 4.10. The van der Waals surface area contributed by atoms with Crippen LogP contribution in [-0.2, 0) is 4.79 Å². The number of nitrogens with zero attached hydrogens (tertiary/aromatic N) is 2. The van der Waals surface area contributed by atoms with Crippen LogP contribution in [0.1, 0.15) is 0 Å². The maximum atomic E-state index is 13.2. The Morgan fingerprint density at radius 1 is 0.962 bits per heavy atom. The maximum Gasteiger partial charge on any atom is 0.321 e. The summed E-state index contributed by atoms with van der Waals surface area (Å²) < 4.78 is 13.2. The summed E-state index contributed by atoms with van der Waals surface area (Å²) in [4.78, 5) is 28.8. The number of rotatable bonds is 4. The lowest BCUT2D eigenvalue weighted by atomic mass is 10.3. The van der Waals surface area contributed by atoms with Crippen molar-refractivity contribution in [2.75, 3.05) is 37.2 Å². The standard InChI is InChI=1S/C19H20FN3O2S/c20-15-5-4-8-17(13-15)26-14-18(24)22-9-11-23(12-10-22)19(25)21-16-6-2-1-3-7-16/h1-8,13H,9-12,14H2,(H,21,25). The molecule has 1 N–H and O–H groups in total. The van der Waals surface area contributed by atoms with E-state index in [1.165, 1.54) is 23.9 Å². The first-order chi connectivity index (χ1) is 12.6. The van der Waals surface area contributed by atoms with Crippen molar-refractivity contribution in [2.24, 2.45) is 0 Å². The van der Waals surface area contributed by atoms with Crippen LogP contribution in [0.5, 0.6) is 0 Å². The summed E-state index contributed by atoms with van der Waals surface area (Å²) in [6, 6.07) is 15.3. The molecule has 1 saturated heterocycles. The number of hydrogen-bond donors (Lipinski definition) is 1. The molecule has 2 aromatic carbocycles. The summed E-state index contributed by atoms with van der Waals surface area (Å²) in [5.74, 6) is -0.0393. The monoisotopic (exact) mass is 373 g/mol. The van der Waals surface area contributed by atoms with Gasteiger partial charge in [-0.1, -0.05) is 24.3 Å². The van der Waals surface area contributed by atoms with Gasteiger partial charge in [0.05, 0.1) is 5.75 Å². The molecule has 2 aromatic rings. The molecule has 7 heteroatoms. The van der Waals surface area contributed by atoms with Gasteiger partial charge >= 0.3 is 6.03 Å². The second-order valence-electron chi connectivity index (χ2n) is 5.91. The van der Waals surface area contributed by atoms with E-state index in [4.69, 9.17) is 0 Å². The van der Waals surface area contributed by atoms with Crippen molar-refractivity contribution in [3.63, 3.8) is 0 Å². The predicted molar refractivity (Wildman–Crippen MR) is 101 cm³/mol. The molecule has 0 atom stereocenters. The van der Waals surface area contributed by atoms with Gasteiger partial charge in [0.2, 0.25) is 5.91 Å². The van der Waals surface area contributed by atoms with Gasteiger partial charge in [-0.2, -0.15) is 0 Å². The highest BCUT2D eigenvalue weighted by Gasteiger charge is 2.24. The molecule has 0 unspecified atom stereocenters. The number of amides is 3. The van der Waals surface area contributed by atoms with Crippen LogP contribution in [0.4, 0.5) is 14.9 Å². The molecular weight excluding hydrogens is 353 g/mol. The number of para-hydroxylation sites is 1. The highest BCUT2D eigenvalue weighted by atomic mass is 32.2. The zero-order valence-electron chi connectivity index (χ0n) is 14.2. The third-order valence-corrected chi connectivity index (χ3v) is 5.08. The normalized spacial score (nSPS) is 14.2. The van der Waals surface area contributed by atoms with Crippen LogP contribution in [0.3, 0.4) is 0 Å². The van der Waals surface area contributed by atoms with Gasteiger partial charge in [-0.25, -0.2) is 9.18 Å². The molecule has 0 aromatic heterocycles. The second-order valence-corrected chi connectivity index (χ2v) is 6.96. The van der Waals surface area contributed by atoms with Crippen molar-refractivity contribution in [1.82, 2.24) is 9.80 Å². The summed E-state index contributed by atoms with van der Waals surface area (Å²) >= 11 is 1.32. The number of halogens is 1. The lowest BCUT2D eigenvalue weighted by Crippen LogP contribution is -2.52. The molecule has 1 aliphatic heterocycles. The Morgan fingerprint density at radius 2 is 1.65 bits per heavy atom. The minimum Gasteiger partial charge on any atom is -0.338 e. The maximum absolute atomic E-state index is 13.2. The summed E-state index contributed by atoms with van der Waals surface area (Å²) in [6.45, 7) is 2.00. The number of anilines is 1. The predicted octanol–water partition coefficient (Wildman–Crippen LogP) is 3.29. The Balaban J connectivity index is 1.44. The van der Waals surface area contributed by atoms with Crippen LogP contribution in [0.25, 0.3) is 0 Å². The first-order valence-electron chi connectivity index (χ1n) is 8.39. The van der Waals surface area contributed by atoms with Gasteiger partial charge in [0.25, 0.3) is 0 Å². The Morgan fingerprint density at radius 3 is 2.35 bits per heavy atom. The van der Waals surface area contributed by atoms with Crippen LogP contribution in [0, 0.1) is 5.82 Å². The zero-order chi connectivity index (χ0) is 18.4. The minimum absolute atomic E-state index is 0.00220. The fourth-order valence-corrected chi connectivity index (χ4v) is 3.52. The van der Waals surface area contributed by atoms with E-state index in [9.17, 15) is 14.0 Å². The number of carbonyl (C=O) groups excluding carboxylic acids is 2. The summed E-state index contributed by atoms with van der Waals surface area (Å²) in [5.41, 5.74) is 0.752. The molecule has 0 spiro atoms. The molecule has 0 aliphatic carbocycles. The summed E-state index contributed by atoms with van der Waals surface area (Å²) in [6.07, 6.45) is 0. The van der Waals surface area contributed by atoms with E-state index >= 15 is 0 Å². The van der Waals surface area contributed by atoms with Crippen molar-refractivity contribution in [1.29, 1.82) is 0 Å². The molecule has 5 nitrogen and oxygen atoms in total. The topological polar surface area (TPSA) is 52.7 Å². The van der Waals surface area contributed by atoms with E-state index in [0.717, 1.165) is 10.6 Å². The molecule has 1 fully saturated rings. The second kappa shape index (κ2) is 8.71. The van der Waals surface area contributed by atoms with Gasteiger partial charge in [-0.3, -0.25) is 4.79 Å². The van der Waals surface area contributed by atoms with Gasteiger partial charge < -0.3 is 15.1 Å². The van der Waals surface area contributed by atoms with Crippen molar-refractivity contribution >= 4 is 29.4 Å². The van der Waals surface area contributed by atoms with Crippen LogP contribution in [-0.4, -0.2) is 53.7 Å². The molecule has 0 bridgehead atoms. The largest absolute Gasteiger partial charge is 0.338 e. The molecule has 1 heterocycles. The lowest BCUT2D eigenvalue weighted by Gasteiger charge is -2.34. The molecule has 1 aliphatic rings. The van der Waals surface area contributed by atoms with E-state index in [-0.39, 0.29) is 23.5 Å². The number of thioether (sulfide) groups is 1. The smallest absolute Gasteiger partial charge is 0.321 e. The molecule has 3 rings (SSSR count). The van der Waals surface area contributed by atoms with Crippen LogP contribution < -0.4 is 5.32 Å². The number of urea groups is 1. The Hall–Kier alpha value is -2.54. The number of carbonyl (C=O) groups is 2. The number of nitrogens with one attached hydrogen (secondary N) is 1. The minimum atomic E-state index is -0.305. The van der Waals surface area contributed by atoms with Crippen LogP contribution >= 0.6 is 11.8 Å². The molecule has 0 radical (unpaired) electrons. The summed E-state index contributed by atoms with van der Waals surface area (Å²) in [7, 11) is 0. The van der Waals surface area contributed by atoms with Crippen molar-refractivity contribution in [3.05, 3.63) is 60.4 Å². The number of hydrogen-bond acceptors (Lipinski definition) is 3. The highest BCUT2D eigenvalue weighted by molar-refractivity contribution is 8.00. The lowest BCUT2D eigenvalue weighted by molar-refractivity contribution is -0.129. The Kier molecular flexibility index (Phi) is 6.12. The van der Waals surface area contributed by atoms with Crippen LogP contribution in [0.15, 0.2) is 59.5 Å². The highest BCUT2D eigenvalue weighted by Crippen LogP contribution is 2.19. The van der Waals surface area contributed by atoms with Gasteiger partial charge in [0.1, 0.15) is 5.82 Å². The van der Waals surface area contributed by atoms with Crippen LogP contribution in [0.2, 0.25) is 0 Å². The Labute approximate surface area is 156 Å². The first-order valence-corrected chi connectivity index (χ1v) is 9.37. The van der Waals surface area contributed by atoms with Gasteiger partial charge in [0, 0.05) is 36.8 Å². The van der Waals surface area contributed by atoms with E-state index < -0.39 is 0 Å². The van der Waals surface area contributed by atoms with E-state index in [2.05, 4.69) is 5.32 Å².